The Bertz CT molecular complexity index is 318. The predicted molar refractivity (Wildman–Crippen MR) is 60.2 cm³/mol. The molecule has 17 heavy (non-hydrogen) atoms. The monoisotopic (exact) mass is 243 g/mol. The lowest BCUT2D eigenvalue weighted by atomic mass is 10.2. The molecule has 1 amide bonds. The molecule has 0 heterocycles. The van der Waals surface area contributed by atoms with Crippen molar-refractivity contribution in [1.82, 2.24) is 4.90 Å². The molecule has 6 nitrogen and oxygen atoms in total. The van der Waals surface area contributed by atoms with Crippen molar-refractivity contribution in [2.45, 2.75) is 32.4 Å². The molecule has 0 aliphatic rings. The number of amides is 1. The Morgan fingerprint density at radius 2 is 2.00 bits per heavy atom. The average molecular weight is 243 g/mol. The number of aliphatic carboxylic acids is 1. The maximum Gasteiger partial charge on any atom is 0.333 e. The van der Waals surface area contributed by atoms with Crippen LogP contribution in [0.15, 0.2) is 12.7 Å². The number of carbonyl (C=O) groups is 3. The first-order valence-electron chi connectivity index (χ1n) is 4.99. The van der Waals surface area contributed by atoms with Gasteiger partial charge in [-0.1, -0.05) is 6.08 Å². The van der Waals surface area contributed by atoms with Crippen LogP contribution in [0.2, 0.25) is 0 Å². The zero-order valence-corrected chi connectivity index (χ0v) is 10.2. The van der Waals surface area contributed by atoms with Crippen LogP contribution in [0.1, 0.15) is 20.8 Å². The zero-order valence-electron chi connectivity index (χ0n) is 10.2. The number of carboxylic acids is 1. The van der Waals surface area contributed by atoms with Crippen molar-refractivity contribution in [3.63, 3.8) is 0 Å². The molecule has 0 aliphatic carbocycles. The van der Waals surface area contributed by atoms with Crippen molar-refractivity contribution < 1.29 is 24.2 Å². The molecule has 0 saturated heterocycles. The normalized spacial score (nSPS) is 12.4. The van der Waals surface area contributed by atoms with Gasteiger partial charge in [-0.25, -0.2) is 4.79 Å². The van der Waals surface area contributed by atoms with Crippen LogP contribution in [-0.2, 0) is 19.1 Å². The van der Waals surface area contributed by atoms with Crippen molar-refractivity contribution in [2.24, 2.45) is 0 Å². The SMILES string of the molecule is C=C[C@@H](C(=O)OC(C)(C)C)N(C=O)CC(=O)O. The van der Waals surface area contributed by atoms with Gasteiger partial charge in [0.1, 0.15) is 18.2 Å². The largest absolute Gasteiger partial charge is 0.480 e. The van der Waals surface area contributed by atoms with Crippen molar-refractivity contribution in [2.75, 3.05) is 6.54 Å². The summed E-state index contributed by atoms with van der Waals surface area (Å²) in [7, 11) is 0. The number of hydrogen-bond acceptors (Lipinski definition) is 4. The third-order valence-electron chi connectivity index (χ3n) is 1.68. The minimum Gasteiger partial charge on any atom is -0.480 e. The van der Waals surface area contributed by atoms with Gasteiger partial charge in [-0.15, -0.1) is 6.58 Å². The van der Waals surface area contributed by atoms with Crippen LogP contribution in [0, 0.1) is 0 Å². The highest BCUT2D eigenvalue weighted by Gasteiger charge is 2.28. The van der Waals surface area contributed by atoms with Crippen LogP contribution in [0.3, 0.4) is 0 Å². The summed E-state index contributed by atoms with van der Waals surface area (Å²) in [6.45, 7) is 7.83. The summed E-state index contributed by atoms with van der Waals surface area (Å²) in [4.78, 5) is 33.7. The lowest BCUT2D eigenvalue weighted by Crippen LogP contribution is -2.44. The Morgan fingerprint density at radius 1 is 1.47 bits per heavy atom. The second-order valence-electron chi connectivity index (χ2n) is 4.39. The topological polar surface area (TPSA) is 83.9 Å². The fourth-order valence-electron chi connectivity index (χ4n) is 1.09. The van der Waals surface area contributed by atoms with E-state index < -0.39 is 30.1 Å². The van der Waals surface area contributed by atoms with E-state index in [-0.39, 0.29) is 6.41 Å². The zero-order chi connectivity index (χ0) is 13.6. The molecule has 0 unspecified atom stereocenters. The molecule has 0 rings (SSSR count). The third-order valence-corrected chi connectivity index (χ3v) is 1.68. The summed E-state index contributed by atoms with van der Waals surface area (Å²) in [6, 6.07) is -1.09. The molecule has 6 heteroatoms. The minimum atomic E-state index is -1.22. The maximum absolute atomic E-state index is 11.7. The summed E-state index contributed by atoms with van der Waals surface area (Å²) in [5.41, 5.74) is -0.712. The van der Waals surface area contributed by atoms with E-state index in [9.17, 15) is 14.4 Å². The van der Waals surface area contributed by atoms with Crippen molar-refractivity contribution in [3.8, 4) is 0 Å². The number of carbonyl (C=O) groups excluding carboxylic acids is 2. The van der Waals surface area contributed by atoms with Crippen LogP contribution >= 0.6 is 0 Å². The number of rotatable bonds is 6. The van der Waals surface area contributed by atoms with Crippen molar-refractivity contribution in [3.05, 3.63) is 12.7 Å². The standard InChI is InChI=1S/C11H17NO5/c1-5-8(10(16)17-11(2,3)4)12(7-13)6-9(14)15/h5,7-8H,1,6H2,2-4H3,(H,14,15)/t8-/m0/s1. The predicted octanol–water partition coefficient (Wildman–Crippen LogP) is 0.426. The molecule has 0 aromatic carbocycles. The van der Waals surface area contributed by atoms with E-state index in [1.807, 2.05) is 0 Å². The van der Waals surface area contributed by atoms with E-state index >= 15 is 0 Å². The molecule has 0 aliphatic heterocycles. The Morgan fingerprint density at radius 3 is 2.29 bits per heavy atom. The molecule has 0 bridgehead atoms. The highest BCUT2D eigenvalue weighted by atomic mass is 16.6. The van der Waals surface area contributed by atoms with Gasteiger partial charge in [0.2, 0.25) is 6.41 Å². The molecule has 0 saturated carbocycles. The molecule has 0 fully saturated rings. The Balaban J connectivity index is 4.79. The van der Waals surface area contributed by atoms with E-state index in [0.717, 1.165) is 4.90 Å². The summed E-state index contributed by atoms with van der Waals surface area (Å²) < 4.78 is 5.05. The molecule has 0 aromatic heterocycles. The van der Waals surface area contributed by atoms with Crippen LogP contribution < -0.4 is 0 Å². The maximum atomic E-state index is 11.7. The first-order valence-corrected chi connectivity index (χ1v) is 4.99. The third kappa shape index (κ3) is 5.70. The van der Waals surface area contributed by atoms with Crippen LogP contribution in [0.4, 0.5) is 0 Å². The minimum absolute atomic E-state index is 0.282. The van der Waals surface area contributed by atoms with E-state index in [1.54, 1.807) is 20.8 Å². The van der Waals surface area contributed by atoms with Gasteiger partial charge >= 0.3 is 11.9 Å². The number of nitrogens with zero attached hydrogens (tertiary/aromatic N) is 1. The first-order chi connectivity index (χ1) is 7.71. The molecular weight excluding hydrogens is 226 g/mol. The summed E-state index contributed by atoms with van der Waals surface area (Å²) in [5, 5.41) is 8.59. The quantitative estimate of drug-likeness (QED) is 0.415. The second-order valence-corrected chi connectivity index (χ2v) is 4.39. The smallest absolute Gasteiger partial charge is 0.333 e. The molecule has 0 spiro atoms. The lowest BCUT2D eigenvalue weighted by Gasteiger charge is -2.27. The van der Waals surface area contributed by atoms with E-state index in [1.165, 1.54) is 6.08 Å². The van der Waals surface area contributed by atoms with Crippen molar-refractivity contribution in [1.29, 1.82) is 0 Å². The number of esters is 1. The summed E-state index contributed by atoms with van der Waals surface area (Å²) in [5.74, 6) is -1.92. The van der Waals surface area contributed by atoms with E-state index in [0.29, 0.717) is 0 Å². The Labute approximate surface area is 99.9 Å². The van der Waals surface area contributed by atoms with Gasteiger partial charge < -0.3 is 14.7 Å². The fourth-order valence-corrected chi connectivity index (χ4v) is 1.09. The van der Waals surface area contributed by atoms with Crippen LogP contribution in [0.25, 0.3) is 0 Å². The molecule has 96 valence electrons. The number of hydrogen-bond donors (Lipinski definition) is 1. The lowest BCUT2D eigenvalue weighted by molar-refractivity contribution is -0.161. The van der Waals surface area contributed by atoms with Gasteiger partial charge in [0.25, 0.3) is 0 Å². The molecule has 1 atom stereocenters. The van der Waals surface area contributed by atoms with E-state index in [2.05, 4.69) is 6.58 Å². The second kappa shape index (κ2) is 6.03. The number of ether oxygens (including phenoxy) is 1. The van der Waals surface area contributed by atoms with E-state index in [4.69, 9.17) is 9.84 Å². The van der Waals surface area contributed by atoms with Gasteiger partial charge in [0.15, 0.2) is 0 Å². The molecular formula is C11H17NO5. The molecule has 1 N–H and O–H groups in total. The van der Waals surface area contributed by atoms with Crippen LogP contribution in [-0.4, -0.2) is 46.5 Å². The average Bonchev–Trinajstić information content (AvgIpc) is 2.13. The Kier molecular flexibility index (Phi) is 5.37. The highest BCUT2D eigenvalue weighted by Crippen LogP contribution is 2.11. The Hall–Kier alpha value is -1.85. The number of carboxylic acid groups (broad SMARTS) is 1. The first kappa shape index (κ1) is 15.2. The van der Waals surface area contributed by atoms with Gasteiger partial charge in [-0.2, -0.15) is 0 Å². The fraction of sp³-hybridized carbons (Fsp3) is 0.545. The van der Waals surface area contributed by atoms with Gasteiger partial charge in [-0.3, -0.25) is 9.59 Å². The van der Waals surface area contributed by atoms with Gasteiger partial charge in [-0.05, 0) is 20.8 Å². The summed E-state index contributed by atoms with van der Waals surface area (Å²) >= 11 is 0. The van der Waals surface area contributed by atoms with Gasteiger partial charge in [0.05, 0.1) is 0 Å². The summed E-state index contributed by atoms with van der Waals surface area (Å²) in [6.07, 6.45) is 1.45. The van der Waals surface area contributed by atoms with Crippen LogP contribution in [0.5, 0.6) is 0 Å². The highest BCUT2D eigenvalue weighted by molar-refractivity contribution is 5.82. The van der Waals surface area contributed by atoms with Crippen molar-refractivity contribution >= 4 is 18.3 Å². The van der Waals surface area contributed by atoms with Gasteiger partial charge in [0, 0.05) is 0 Å². The molecule has 0 radical (unpaired) electrons. The molecule has 0 aromatic rings.